The maximum atomic E-state index is 13.4. The van der Waals surface area contributed by atoms with Crippen LogP contribution in [-0.2, 0) is 0 Å². The molecule has 1 aromatic heterocycles. The summed E-state index contributed by atoms with van der Waals surface area (Å²) in [4.78, 5) is 3.53. The molecule has 0 spiro atoms. The largest absolute Gasteiger partial charge is 0.491 e. The third-order valence-electron chi connectivity index (χ3n) is 2.30. The van der Waals surface area contributed by atoms with Gasteiger partial charge in [-0.05, 0) is 23.8 Å². The van der Waals surface area contributed by atoms with E-state index in [0.29, 0.717) is 15.6 Å². The fourth-order valence-corrected chi connectivity index (χ4v) is 1.81. The van der Waals surface area contributed by atoms with Crippen molar-refractivity contribution in [2.24, 2.45) is 0 Å². The fraction of sp³-hybridized carbons (Fsp3) is 0.0833. The normalized spacial score (nSPS) is 10.4. The van der Waals surface area contributed by atoms with E-state index in [0.717, 1.165) is 5.56 Å². The summed E-state index contributed by atoms with van der Waals surface area (Å²) in [5.41, 5.74) is 1.30. The average Bonchev–Trinajstić information content (AvgIpc) is 2.32. The van der Waals surface area contributed by atoms with E-state index in [1.54, 1.807) is 24.3 Å². The summed E-state index contributed by atoms with van der Waals surface area (Å²) >= 11 is 11.7. The molecule has 0 unspecified atom stereocenters. The zero-order chi connectivity index (χ0) is 12.4. The molecule has 0 bridgehead atoms. The lowest BCUT2D eigenvalue weighted by Gasteiger charge is -2.09. The lowest BCUT2D eigenvalue weighted by atomic mass is 10.1. The van der Waals surface area contributed by atoms with Crippen LogP contribution in [0.2, 0.25) is 10.0 Å². The quantitative estimate of drug-likeness (QED) is 0.764. The Morgan fingerprint density at radius 3 is 2.59 bits per heavy atom. The lowest BCUT2D eigenvalue weighted by molar-refractivity contribution is 0.379. The van der Waals surface area contributed by atoms with Gasteiger partial charge in [-0.15, -0.1) is 0 Å². The molecule has 0 N–H and O–H groups in total. The van der Waals surface area contributed by atoms with Crippen molar-refractivity contribution in [1.82, 2.24) is 4.98 Å². The second-order valence-corrected chi connectivity index (χ2v) is 4.13. The number of hydrogen-bond donors (Lipinski definition) is 0. The monoisotopic (exact) mass is 271 g/mol. The van der Waals surface area contributed by atoms with Gasteiger partial charge in [0.15, 0.2) is 5.75 Å². The summed E-state index contributed by atoms with van der Waals surface area (Å²) in [7, 11) is 1.39. The molecular formula is C12H8Cl2FNO. The predicted molar refractivity (Wildman–Crippen MR) is 66.2 cm³/mol. The minimum atomic E-state index is -0.656. The van der Waals surface area contributed by atoms with Crippen molar-refractivity contribution in [1.29, 1.82) is 0 Å². The van der Waals surface area contributed by atoms with Crippen LogP contribution in [0.15, 0.2) is 30.5 Å². The van der Waals surface area contributed by atoms with Gasteiger partial charge in [0.05, 0.1) is 17.2 Å². The molecule has 0 aliphatic heterocycles. The van der Waals surface area contributed by atoms with Crippen molar-refractivity contribution in [3.63, 3.8) is 0 Å². The average molecular weight is 272 g/mol. The number of pyridine rings is 1. The number of hydrogen-bond acceptors (Lipinski definition) is 2. The Morgan fingerprint density at radius 1 is 1.18 bits per heavy atom. The number of aromatic nitrogens is 1. The van der Waals surface area contributed by atoms with Crippen molar-refractivity contribution >= 4 is 23.2 Å². The Morgan fingerprint density at radius 2 is 1.94 bits per heavy atom. The zero-order valence-electron chi connectivity index (χ0n) is 8.88. The molecule has 88 valence electrons. The van der Waals surface area contributed by atoms with Crippen molar-refractivity contribution in [2.75, 3.05) is 7.11 Å². The van der Waals surface area contributed by atoms with Crippen LogP contribution in [-0.4, -0.2) is 12.1 Å². The number of halogens is 3. The summed E-state index contributed by atoms with van der Waals surface area (Å²) in [5, 5.41) is 0.854. The van der Waals surface area contributed by atoms with E-state index in [1.165, 1.54) is 13.3 Å². The Kier molecular flexibility index (Phi) is 3.50. The first kappa shape index (κ1) is 12.1. The van der Waals surface area contributed by atoms with Crippen molar-refractivity contribution < 1.29 is 9.13 Å². The molecule has 0 aliphatic rings. The molecule has 0 fully saturated rings. The van der Waals surface area contributed by atoms with Crippen LogP contribution in [0.1, 0.15) is 0 Å². The van der Waals surface area contributed by atoms with E-state index in [-0.39, 0.29) is 5.75 Å². The Labute approximate surface area is 108 Å². The Hall–Kier alpha value is -1.32. The van der Waals surface area contributed by atoms with Gasteiger partial charge in [-0.25, -0.2) is 4.98 Å². The van der Waals surface area contributed by atoms with E-state index in [2.05, 4.69) is 4.98 Å². The first-order valence-electron chi connectivity index (χ1n) is 4.77. The van der Waals surface area contributed by atoms with Gasteiger partial charge in [-0.2, -0.15) is 4.39 Å². The second-order valence-electron chi connectivity index (χ2n) is 3.31. The number of ether oxygens (including phenoxy) is 1. The smallest absolute Gasteiger partial charge is 0.255 e. The van der Waals surface area contributed by atoms with E-state index >= 15 is 0 Å². The van der Waals surface area contributed by atoms with E-state index in [4.69, 9.17) is 27.9 Å². The van der Waals surface area contributed by atoms with Gasteiger partial charge in [-0.1, -0.05) is 29.3 Å². The zero-order valence-corrected chi connectivity index (χ0v) is 10.4. The molecule has 0 saturated heterocycles. The summed E-state index contributed by atoms with van der Waals surface area (Å²) in [6.07, 6.45) is 1.37. The topological polar surface area (TPSA) is 22.1 Å². The lowest BCUT2D eigenvalue weighted by Crippen LogP contribution is -1.94. The van der Waals surface area contributed by atoms with Gasteiger partial charge in [0.2, 0.25) is 0 Å². The number of rotatable bonds is 2. The number of methoxy groups -OCH3 is 1. The first-order chi connectivity index (χ1) is 8.13. The maximum Gasteiger partial charge on any atom is 0.255 e. The molecule has 2 nitrogen and oxygen atoms in total. The van der Waals surface area contributed by atoms with Crippen LogP contribution >= 0.6 is 23.2 Å². The van der Waals surface area contributed by atoms with Crippen molar-refractivity contribution in [3.8, 4) is 16.9 Å². The van der Waals surface area contributed by atoms with Gasteiger partial charge >= 0.3 is 0 Å². The number of benzene rings is 1. The highest BCUT2D eigenvalue weighted by molar-refractivity contribution is 6.42. The molecule has 2 aromatic rings. The van der Waals surface area contributed by atoms with Crippen molar-refractivity contribution in [3.05, 3.63) is 46.5 Å². The predicted octanol–water partition coefficient (Wildman–Crippen LogP) is 4.20. The SMILES string of the molecule is COc1c(-c2ccc(Cl)c(Cl)c2)ccnc1F. The molecule has 0 atom stereocenters. The standard InChI is InChI=1S/C12H8Cl2FNO/c1-17-11-8(4-5-16-12(11)15)7-2-3-9(13)10(14)6-7/h2-6H,1H3. The fourth-order valence-electron chi connectivity index (χ4n) is 1.51. The van der Waals surface area contributed by atoms with Gasteiger partial charge in [-0.3, -0.25) is 0 Å². The van der Waals surface area contributed by atoms with Gasteiger partial charge in [0.1, 0.15) is 0 Å². The highest BCUT2D eigenvalue weighted by atomic mass is 35.5. The Bertz CT molecular complexity index is 560. The van der Waals surface area contributed by atoms with E-state index < -0.39 is 5.95 Å². The minimum absolute atomic E-state index is 0.0888. The van der Waals surface area contributed by atoms with Crippen molar-refractivity contribution in [2.45, 2.75) is 0 Å². The summed E-state index contributed by atoms with van der Waals surface area (Å²) < 4.78 is 18.4. The molecule has 5 heteroatoms. The maximum absolute atomic E-state index is 13.4. The molecular weight excluding hydrogens is 264 g/mol. The van der Waals surface area contributed by atoms with Gasteiger partial charge < -0.3 is 4.74 Å². The molecule has 0 radical (unpaired) electrons. The van der Waals surface area contributed by atoms with Crippen LogP contribution in [0, 0.1) is 5.95 Å². The molecule has 0 amide bonds. The van der Waals surface area contributed by atoms with Gasteiger partial charge in [0, 0.05) is 11.8 Å². The number of nitrogens with zero attached hydrogens (tertiary/aromatic N) is 1. The minimum Gasteiger partial charge on any atom is -0.491 e. The highest BCUT2D eigenvalue weighted by Gasteiger charge is 2.12. The second kappa shape index (κ2) is 4.90. The molecule has 0 aliphatic carbocycles. The highest BCUT2D eigenvalue weighted by Crippen LogP contribution is 2.34. The van der Waals surface area contributed by atoms with Crippen LogP contribution in [0.25, 0.3) is 11.1 Å². The molecule has 0 saturated carbocycles. The summed E-state index contributed by atoms with van der Waals surface area (Å²) in [5.74, 6) is -0.568. The van der Waals surface area contributed by atoms with Crippen LogP contribution in [0.5, 0.6) is 5.75 Å². The summed E-state index contributed by atoms with van der Waals surface area (Å²) in [6, 6.07) is 6.70. The van der Waals surface area contributed by atoms with Crippen LogP contribution in [0.4, 0.5) is 4.39 Å². The van der Waals surface area contributed by atoms with Crippen LogP contribution < -0.4 is 4.74 Å². The van der Waals surface area contributed by atoms with Crippen LogP contribution in [0.3, 0.4) is 0 Å². The van der Waals surface area contributed by atoms with E-state index in [1.807, 2.05) is 0 Å². The molecule has 1 aromatic carbocycles. The Balaban J connectivity index is 2.60. The summed E-state index contributed by atoms with van der Waals surface area (Å²) in [6.45, 7) is 0. The molecule has 1 heterocycles. The first-order valence-corrected chi connectivity index (χ1v) is 5.53. The third-order valence-corrected chi connectivity index (χ3v) is 3.03. The van der Waals surface area contributed by atoms with Gasteiger partial charge in [0.25, 0.3) is 5.95 Å². The molecule has 2 rings (SSSR count). The van der Waals surface area contributed by atoms with E-state index in [9.17, 15) is 4.39 Å². The molecule has 17 heavy (non-hydrogen) atoms. The third kappa shape index (κ3) is 2.35.